The summed E-state index contributed by atoms with van der Waals surface area (Å²) in [4.78, 5) is 24.4. The molecule has 4 aromatic heterocycles. The van der Waals surface area contributed by atoms with Crippen LogP contribution in [-0.2, 0) is 0 Å². The molecule has 0 saturated carbocycles. The topological polar surface area (TPSA) is 77.6 Å². The van der Waals surface area contributed by atoms with Crippen LogP contribution in [0.2, 0.25) is 0 Å². The number of hydrogen-bond donors (Lipinski definition) is 0. The van der Waals surface area contributed by atoms with E-state index in [0.717, 1.165) is 49.7 Å². The van der Waals surface area contributed by atoms with Crippen molar-refractivity contribution in [2.75, 3.05) is 0 Å². The van der Waals surface area contributed by atoms with Crippen LogP contribution in [0.15, 0.2) is 168 Å². The van der Waals surface area contributed by atoms with Crippen LogP contribution in [0.4, 0.5) is 0 Å². The first-order valence-corrected chi connectivity index (χ1v) is 16.8. The van der Waals surface area contributed by atoms with Gasteiger partial charge in [-0.25, -0.2) is 24.9 Å². The van der Waals surface area contributed by atoms with Crippen molar-refractivity contribution >= 4 is 43.7 Å². The second-order valence-electron chi connectivity index (χ2n) is 12.5. The highest BCUT2D eigenvalue weighted by Crippen LogP contribution is 2.37. The summed E-state index contributed by atoms with van der Waals surface area (Å²) in [7, 11) is 0. The fourth-order valence-electron chi connectivity index (χ4n) is 7.08. The maximum atomic E-state index is 6.05. The van der Waals surface area contributed by atoms with Crippen LogP contribution < -0.4 is 0 Å². The van der Waals surface area contributed by atoms with Crippen molar-refractivity contribution in [2.45, 2.75) is 0 Å². The van der Waals surface area contributed by atoms with Crippen molar-refractivity contribution < 1.29 is 4.42 Å². The quantitative estimate of drug-likeness (QED) is 0.184. The van der Waals surface area contributed by atoms with Crippen molar-refractivity contribution in [1.29, 1.82) is 0 Å². The van der Waals surface area contributed by atoms with Crippen LogP contribution in [0.1, 0.15) is 0 Å². The molecule has 4 heterocycles. The van der Waals surface area contributed by atoms with E-state index in [-0.39, 0.29) is 0 Å². The second-order valence-corrected chi connectivity index (χ2v) is 12.5. The minimum absolute atomic E-state index is 0.487. The lowest BCUT2D eigenvalue weighted by Gasteiger charge is -2.12. The number of hydrogen-bond acceptors (Lipinski definition) is 6. The lowest BCUT2D eigenvalue weighted by molar-refractivity contribution is 0.640. The highest BCUT2D eigenvalue weighted by Gasteiger charge is 2.19. The first-order valence-electron chi connectivity index (χ1n) is 16.8. The van der Waals surface area contributed by atoms with E-state index in [1.54, 1.807) is 12.4 Å². The van der Waals surface area contributed by atoms with Crippen molar-refractivity contribution in [1.82, 2.24) is 24.9 Å². The van der Waals surface area contributed by atoms with Crippen LogP contribution in [0.5, 0.6) is 0 Å². The Morgan fingerprint density at radius 2 is 0.863 bits per heavy atom. The predicted octanol–water partition coefficient (Wildman–Crippen LogP) is 11.2. The van der Waals surface area contributed by atoms with Gasteiger partial charge in [-0.3, -0.25) is 0 Å². The predicted molar refractivity (Wildman–Crippen MR) is 205 cm³/mol. The van der Waals surface area contributed by atoms with E-state index >= 15 is 0 Å². The lowest BCUT2D eigenvalue weighted by atomic mass is 9.96. The number of fused-ring (bicyclic) bond motifs is 5. The maximum Gasteiger partial charge on any atom is 0.230 e. The summed E-state index contributed by atoms with van der Waals surface area (Å²) in [6.45, 7) is 0. The first-order chi connectivity index (χ1) is 25.3. The molecular formula is C45H27N5O. The third kappa shape index (κ3) is 5.01. The number of rotatable bonds is 5. The Kier molecular flexibility index (Phi) is 6.70. The van der Waals surface area contributed by atoms with Gasteiger partial charge in [0.15, 0.2) is 17.5 Å². The van der Waals surface area contributed by atoms with Crippen molar-refractivity contribution in [3.63, 3.8) is 0 Å². The Bertz CT molecular complexity index is 2800. The van der Waals surface area contributed by atoms with Gasteiger partial charge in [-0.2, -0.15) is 0 Å². The highest BCUT2D eigenvalue weighted by molar-refractivity contribution is 6.09. The van der Waals surface area contributed by atoms with E-state index in [0.29, 0.717) is 28.9 Å². The molecule has 0 spiro atoms. The van der Waals surface area contributed by atoms with Gasteiger partial charge < -0.3 is 4.42 Å². The normalized spacial score (nSPS) is 11.5. The van der Waals surface area contributed by atoms with Crippen LogP contribution in [0.3, 0.4) is 0 Å². The molecule has 0 fully saturated rings. The molecule has 10 aromatic rings. The fraction of sp³-hybridized carbons (Fsp3) is 0. The first kappa shape index (κ1) is 28.9. The van der Waals surface area contributed by atoms with E-state index in [4.69, 9.17) is 19.4 Å². The van der Waals surface area contributed by atoms with Crippen molar-refractivity contribution in [2.24, 2.45) is 0 Å². The SMILES string of the molecule is c1cc(-c2nc(-c3cccc(-c4cccc5ccccc45)c3)nc(-c3ccnc4oc5ncccc5c34)n2)cc(-c2cccc3ccccc23)c1. The summed E-state index contributed by atoms with van der Waals surface area (Å²) < 4.78 is 6.05. The zero-order valence-corrected chi connectivity index (χ0v) is 27.2. The molecule has 0 N–H and O–H groups in total. The zero-order chi connectivity index (χ0) is 33.7. The summed E-state index contributed by atoms with van der Waals surface area (Å²) in [6.07, 6.45) is 3.45. The standard InChI is InChI=1S/C45H27N5O/c1-3-18-34-28(10-1)12-7-20-36(34)30-14-5-16-32(26-30)41-48-42(33-17-6-15-31(27-33)37-21-8-13-29-11-2-4-19-35(29)37)50-43(49-41)38-23-25-47-45-40(38)39-22-9-24-46-44(39)51-45/h1-27H. The zero-order valence-electron chi connectivity index (χ0n) is 27.2. The van der Waals surface area contributed by atoms with Crippen LogP contribution >= 0.6 is 0 Å². The number of furan rings is 1. The van der Waals surface area contributed by atoms with E-state index in [2.05, 4.69) is 143 Å². The average molecular weight is 654 g/mol. The van der Waals surface area contributed by atoms with Gasteiger partial charge >= 0.3 is 0 Å². The number of pyridine rings is 2. The van der Waals surface area contributed by atoms with Gasteiger partial charge in [0.25, 0.3) is 0 Å². The number of benzene rings is 6. The van der Waals surface area contributed by atoms with Gasteiger partial charge in [0.1, 0.15) is 0 Å². The summed E-state index contributed by atoms with van der Waals surface area (Å²) in [5.74, 6) is 1.67. The highest BCUT2D eigenvalue weighted by atomic mass is 16.3. The minimum Gasteiger partial charge on any atom is -0.419 e. The number of nitrogens with zero attached hydrogens (tertiary/aromatic N) is 5. The van der Waals surface area contributed by atoms with Gasteiger partial charge in [-0.1, -0.05) is 121 Å². The minimum atomic E-state index is 0.487. The van der Waals surface area contributed by atoms with Crippen LogP contribution in [0.25, 0.3) is 100 Å². The summed E-state index contributed by atoms with van der Waals surface area (Å²) in [5, 5.41) is 6.45. The Morgan fingerprint density at radius 3 is 1.51 bits per heavy atom. The van der Waals surface area contributed by atoms with Gasteiger partial charge in [0.2, 0.25) is 11.4 Å². The van der Waals surface area contributed by atoms with Crippen molar-refractivity contribution in [3.05, 3.63) is 164 Å². The smallest absolute Gasteiger partial charge is 0.230 e. The molecule has 0 bridgehead atoms. The van der Waals surface area contributed by atoms with Crippen LogP contribution in [-0.4, -0.2) is 24.9 Å². The molecular weight excluding hydrogens is 627 g/mol. The largest absolute Gasteiger partial charge is 0.419 e. The van der Waals surface area contributed by atoms with Gasteiger partial charge in [-0.15, -0.1) is 0 Å². The molecule has 0 atom stereocenters. The Labute approximate surface area is 292 Å². The third-order valence-corrected chi connectivity index (χ3v) is 9.47. The van der Waals surface area contributed by atoms with E-state index in [1.165, 1.54) is 21.5 Å². The molecule has 0 aliphatic rings. The summed E-state index contributed by atoms with van der Waals surface area (Å²) in [6, 6.07) is 52.4. The molecule has 51 heavy (non-hydrogen) atoms. The lowest BCUT2D eigenvalue weighted by Crippen LogP contribution is -2.01. The van der Waals surface area contributed by atoms with Gasteiger partial charge in [0.05, 0.1) is 10.8 Å². The summed E-state index contributed by atoms with van der Waals surface area (Å²) in [5.41, 5.74) is 8.06. The number of aromatic nitrogens is 5. The summed E-state index contributed by atoms with van der Waals surface area (Å²) >= 11 is 0. The van der Waals surface area contributed by atoms with E-state index in [9.17, 15) is 0 Å². The van der Waals surface area contributed by atoms with Crippen LogP contribution in [0, 0.1) is 0 Å². The Morgan fingerprint density at radius 1 is 0.353 bits per heavy atom. The second kappa shape index (κ2) is 11.8. The molecule has 0 unspecified atom stereocenters. The third-order valence-electron chi connectivity index (χ3n) is 9.47. The molecule has 238 valence electrons. The molecule has 0 aliphatic heterocycles. The molecule has 6 heteroatoms. The molecule has 0 amide bonds. The molecule has 0 radical (unpaired) electrons. The van der Waals surface area contributed by atoms with Gasteiger partial charge in [-0.05, 0) is 74.1 Å². The fourth-order valence-corrected chi connectivity index (χ4v) is 7.08. The average Bonchev–Trinajstić information content (AvgIpc) is 3.59. The molecule has 6 aromatic carbocycles. The van der Waals surface area contributed by atoms with E-state index in [1.807, 2.05) is 18.2 Å². The van der Waals surface area contributed by atoms with E-state index < -0.39 is 0 Å². The Hall–Kier alpha value is -7.05. The van der Waals surface area contributed by atoms with Crippen molar-refractivity contribution in [3.8, 4) is 56.4 Å². The van der Waals surface area contributed by atoms with Gasteiger partial charge in [0, 0.05) is 29.1 Å². The molecule has 0 saturated heterocycles. The molecule has 10 rings (SSSR count). The monoisotopic (exact) mass is 653 g/mol. The Balaban J connectivity index is 1.19. The molecule has 0 aliphatic carbocycles. The molecule has 6 nitrogen and oxygen atoms in total. The maximum absolute atomic E-state index is 6.05.